The van der Waals surface area contributed by atoms with Crippen LogP contribution in [-0.4, -0.2) is 115 Å². The molecular weight excluding hydrogens is 681 g/mol. The Kier molecular flexibility index (Phi) is 9.46. The van der Waals surface area contributed by atoms with Gasteiger partial charge < -0.3 is 33.6 Å². The van der Waals surface area contributed by atoms with Crippen molar-refractivity contribution in [2.24, 2.45) is 10.2 Å². The number of hydrazone groups is 2. The summed E-state index contributed by atoms with van der Waals surface area (Å²) in [5.74, 6) is 1.88. The molecule has 3 aromatic rings. The fraction of sp³-hybridized carbons (Fsp3) is 0.405. The van der Waals surface area contributed by atoms with Gasteiger partial charge in [0, 0.05) is 55.4 Å². The zero-order valence-electron chi connectivity index (χ0n) is 31.0. The molecule has 12 heteroatoms. The number of allylic oxidation sites excluding steroid dienone is 2. The van der Waals surface area contributed by atoms with E-state index >= 15 is 0 Å². The molecular formula is C42H48N8O4. The second-order valence-electron chi connectivity index (χ2n) is 14.6. The van der Waals surface area contributed by atoms with Crippen LogP contribution in [0.25, 0.3) is 10.8 Å². The van der Waals surface area contributed by atoms with Crippen LogP contribution < -0.4 is 9.64 Å². The molecule has 0 spiro atoms. The maximum atomic E-state index is 6.72. The van der Waals surface area contributed by atoms with Crippen LogP contribution in [0.3, 0.4) is 0 Å². The largest absolute Gasteiger partial charge is 0.491 e. The minimum absolute atomic E-state index is 0.240. The van der Waals surface area contributed by atoms with E-state index in [-0.39, 0.29) is 12.1 Å². The Balaban J connectivity index is 0.781. The van der Waals surface area contributed by atoms with Crippen LogP contribution in [0.15, 0.2) is 119 Å². The first kappa shape index (κ1) is 34.4. The molecule has 9 rings (SSSR count). The average molecular weight is 729 g/mol. The third-order valence-corrected chi connectivity index (χ3v) is 11.1. The van der Waals surface area contributed by atoms with E-state index in [0.29, 0.717) is 39.0 Å². The molecule has 6 aliphatic rings. The van der Waals surface area contributed by atoms with E-state index in [1.54, 1.807) is 6.21 Å². The van der Waals surface area contributed by atoms with Crippen molar-refractivity contribution in [3.63, 3.8) is 0 Å². The summed E-state index contributed by atoms with van der Waals surface area (Å²) in [6.45, 7) is 10.8. The summed E-state index contributed by atoms with van der Waals surface area (Å²) in [5.41, 5.74) is 3.27. The SMILES string of the molecule is CCC(C)N1N=CN(C2C=CC(N3CCN(c4ccc(OCC5COC(CN6CC=CC=N6)(c6nccc7ccccc67)O5)cc4)CC3)=CC2)/C1=C1/CO1. The summed E-state index contributed by atoms with van der Waals surface area (Å²) in [6.07, 6.45) is 18.3. The highest BCUT2D eigenvalue weighted by Gasteiger charge is 2.47. The normalized spacial score (nSPS) is 26.9. The number of fused-ring (bicyclic) bond motifs is 1. The molecule has 0 bridgehead atoms. The second-order valence-corrected chi connectivity index (χ2v) is 14.6. The van der Waals surface area contributed by atoms with Gasteiger partial charge in [0.25, 0.3) is 0 Å². The maximum absolute atomic E-state index is 6.72. The molecule has 54 heavy (non-hydrogen) atoms. The summed E-state index contributed by atoms with van der Waals surface area (Å²) < 4.78 is 25.1. The maximum Gasteiger partial charge on any atom is 0.233 e. The molecule has 4 unspecified atom stereocenters. The van der Waals surface area contributed by atoms with Gasteiger partial charge in [-0.25, -0.2) is 5.01 Å². The predicted octanol–water partition coefficient (Wildman–Crippen LogP) is 5.63. The third-order valence-electron chi connectivity index (χ3n) is 11.1. The molecule has 280 valence electrons. The zero-order chi connectivity index (χ0) is 36.5. The Morgan fingerprint density at radius 2 is 1.83 bits per heavy atom. The Labute approximate surface area is 316 Å². The van der Waals surface area contributed by atoms with Gasteiger partial charge in [0.2, 0.25) is 5.79 Å². The van der Waals surface area contributed by atoms with E-state index in [4.69, 9.17) is 29.0 Å². The van der Waals surface area contributed by atoms with E-state index in [0.717, 1.165) is 72.8 Å². The number of aromatic nitrogens is 1. The van der Waals surface area contributed by atoms with E-state index < -0.39 is 5.79 Å². The molecule has 2 aromatic carbocycles. The number of piperazine rings is 1. The predicted molar refractivity (Wildman–Crippen MR) is 210 cm³/mol. The summed E-state index contributed by atoms with van der Waals surface area (Å²) in [7, 11) is 0. The first-order valence-corrected chi connectivity index (χ1v) is 19.3. The number of nitrogens with zero attached hydrogens (tertiary/aromatic N) is 8. The van der Waals surface area contributed by atoms with Crippen LogP contribution in [-0.2, 0) is 20.0 Å². The van der Waals surface area contributed by atoms with Crippen molar-refractivity contribution in [3.05, 3.63) is 114 Å². The molecule has 12 nitrogen and oxygen atoms in total. The number of anilines is 1. The Hall–Kier alpha value is -5.33. The highest BCUT2D eigenvalue weighted by molar-refractivity contribution is 5.85. The van der Waals surface area contributed by atoms with Gasteiger partial charge >= 0.3 is 0 Å². The molecule has 4 atom stereocenters. The Morgan fingerprint density at radius 1 is 1.00 bits per heavy atom. The van der Waals surface area contributed by atoms with Gasteiger partial charge in [0.15, 0.2) is 11.6 Å². The zero-order valence-corrected chi connectivity index (χ0v) is 31.0. The van der Waals surface area contributed by atoms with Crippen LogP contribution >= 0.6 is 0 Å². The van der Waals surface area contributed by atoms with E-state index in [1.165, 1.54) is 11.4 Å². The van der Waals surface area contributed by atoms with Crippen LogP contribution in [0.1, 0.15) is 32.4 Å². The van der Waals surface area contributed by atoms with Gasteiger partial charge in [-0.3, -0.25) is 9.99 Å². The number of benzene rings is 2. The minimum atomic E-state index is -1.07. The summed E-state index contributed by atoms with van der Waals surface area (Å²) in [4.78, 5) is 12.0. The molecule has 0 N–H and O–H groups in total. The molecule has 1 aliphatic carbocycles. The highest BCUT2D eigenvalue weighted by Crippen LogP contribution is 2.39. The molecule has 5 aliphatic heterocycles. The number of rotatable bonds is 11. The quantitative estimate of drug-likeness (QED) is 0.231. The monoisotopic (exact) mass is 728 g/mol. The minimum Gasteiger partial charge on any atom is -0.491 e. The van der Waals surface area contributed by atoms with E-state index in [2.05, 4.69) is 99.4 Å². The lowest BCUT2D eigenvalue weighted by molar-refractivity contribution is -0.192. The van der Waals surface area contributed by atoms with Gasteiger partial charge in [-0.05, 0) is 67.6 Å². The fourth-order valence-corrected chi connectivity index (χ4v) is 7.84. The number of epoxide rings is 1. The van der Waals surface area contributed by atoms with Crippen LogP contribution in [0, 0.1) is 0 Å². The van der Waals surface area contributed by atoms with Crippen molar-refractivity contribution in [3.8, 4) is 5.75 Å². The Bertz CT molecular complexity index is 2010. The Morgan fingerprint density at radius 3 is 2.59 bits per heavy atom. The molecule has 3 saturated heterocycles. The van der Waals surface area contributed by atoms with Crippen LogP contribution in [0.4, 0.5) is 5.69 Å². The van der Waals surface area contributed by atoms with Gasteiger partial charge in [-0.1, -0.05) is 49.4 Å². The standard InChI is InChI=1S/C42H48N8O4/c1-3-31(2)50-41(39-28-52-39)49(30-45-50)35-12-10-33(11-13-35)46-22-24-47(25-23-46)34-14-16-36(17-15-34)51-26-37-27-53-42(54-37,29-48-21-7-6-19-44-48)40-38-9-5-4-8-32(38)18-20-43-40/h4-12,14-20,30-31,35,37H,3,13,21-29H2,1-2H3/b41-39+. The van der Waals surface area contributed by atoms with Crippen molar-refractivity contribution in [2.75, 3.05) is 64.0 Å². The summed E-state index contributed by atoms with van der Waals surface area (Å²) in [6, 6.07) is 19.2. The van der Waals surface area contributed by atoms with Crippen LogP contribution in [0.5, 0.6) is 5.75 Å². The topological polar surface area (TPSA) is 94.0 Å². The number of hydrogen-bond donors (Lipinski definition) is 0. The van der Waals surface area contributed by atoms with Crippen molar-refractivity contribution >= 4 is 29.0 Å². The van der Waals surface area contributed by atoms with Crippen molar-refractivity contribution in [1.82, 2.24) is 24.8 Å². The smallest absolute Gasteiger partial charge is 0.233 e. The van der Waals surface area contributed by atoms with E-state index in [1.807, 2.05) is 41.8 Å². The first-order valence-electron chi connectivity index (χ1n) is 19.3. The highest BCUT2D eigenvalue weighted by atomic mass is 16.8. The van der Waals surface area contributed by atoms with Crippen molar-refractivity contribution in [2.45, 2.75) is 50.7 Å². The molecule has 3 fully saturated rings. The lowest BCUT2D eigenvalue weighted by Gasteiger charge is -2.39. The summed E-state index contributed by atoms with van der Waals surface area (Å²) >= 11 is 0. The molecule has 0 radical (unpaired) electrons. The number of ether oxygens (including phenoxy) is 4. The lowest BCUT2D eigenvalue weighted by atomic mass is 10.0. The van der Waals surface area contributed by atoms with Crippen molar-refractivity contribution < 1.29 is 18.9 Å². The fourth-order valence-electron chi connectivity index (χ4n) is 7.84. The average Bonchev–Trinajstić information content (AvgIpc) is 3.84. The second kappa shape index (κ2) is 14.8. The molecule has 6 heterocycles. The first-order chi connectivity index (χ1) is 26.6. The lowest BCUT2D eigenvalue weighted by Crippen LogP contribution is -2.46. The summed E-state index contributed by atoms with van der Waals surface area (Å²) in [5, 5.41) is 15.4. The van der Waals surface area contributed by atoms with Crippen molar-refractivity contribution in [1.29, 1.82) is 0 Å². The van der Waals surface area contributed by atoms with Crippen LogP contribution in [0.2, 0.25) is 0 Å². The number of hydrogen-bond acceptors (Lipinski definition) is 12. The van der Waals surface area contributed by atoms with Gasteiger partial charge in [0.05, 0.1) is 31.8 Å². The van der Waals surface area contributed by atoms with Gasteiger partial charge in [0.1, 0.15) is 37.1 Å². The van der Waals surface area contributed by atoms with Gasteiger partial charge in [-0.15, -0.1) is 0 Å². The molecule has 0 saturated carbocycles. The number of pyridine rings is 1. The van der Waals surface area contributed by atoms with E-state index in [9.17, 15) is 0 Å². The molecule has 0 amide bonds. The molecule has 1 aromatic heterocycles. The third kappa shape index (κ3) is 6.91. The van der Waals surface area contributed by atoms with Gasteiger partial charge in [-0.2, -0.15) is 10.2 Å².